The Morgan fingerprint density at radius 1 is 0.458 bits per heavy atom. The summed E-state index contributed by atoms with van der Waals surface area (Å²) in [7, 11) is 4.49. The standard InChI is InChI=1S/C18H38N6/c1-19-4-3-5-21(9-6-19)12-14-23-16-17-24(18-23)15-13-22-10-7-20(2)8-11-22/h3-18H2,1-2H3. The van der Waals surface area contributed by atoms with E-state index < -0.39 is 0 Å². The number of nitrogens with zero attached hydrogens (tertiary/aromatic N) is 6. The largest absolute Gasteiger partial charge is 0.305 e. The van der Waals surface area contributed by atoms with Gasteiger partial charge in [-0.05, 0) is 33.6 Å². The molecule has 0 N–H and O–H groups in total. The van der Waals surface area contributed by atoms with Crippen LogP contribution in [0.25, 0.3) is 0 Å². The van der Waals surface area contributed by atoms with Crippen molar-refractivity contribution in [2.75, 3.05) is 112 Å². The maximum atomic E-state index is 2.66. The molecule has 0 unspecified atom stereocenters. The molecule has 140 valence electrons. The second-order valence-corrected chi connectivity index (χ2v) is 8.02. The van der Waals surface area contributed by atoms with E-state index >= 15 is 0 Å². The zero-order valence-corrected chi connectivity index (χ0v) is 16.0. The Hall–Kier alpha value is -0.240. The van der Waals surface area contributed by atoms with Crippen LogP contribution in [0.5, 0.6) is 0 Å². The van der Waals surface area contributed by atoms with Crippen LogP contribution in [0.3, 0.4) is 0 Å². The molecule has 0 radical (unpaired) electrons. The van der Waals surface area contributed by atoms with Crippen molar-refractivity contribution in [1.82, 2.24) is 29.4 Å². The highest BCUT2D eigenvalue weighted by atomic mass is 15.4. The molecular weight excluding hydrogens is 300 g/mol. The van der Waals surface area contributed by atoms with Gasteiger partial charge in [-0.1, -0.05) is 0 Å². The van der Waals surface area contributed by atoms with Gasteiger partial charge in [-0.25, -0.2) is 0 Å². The molecule has 24 heavy (non-hydrogen) atoms. The third-order valence-electron chi connectivity index (χ3n) is 6.01. The molecule has 0 bridgehead atoms. The molecule has 0 saturated carbocycles. The van der Waals surface area contributed by atoms with Crippen molar-refractivity contribution < 1.29 is 0 Å². The Kier molecular flexibility index (Phi) is 7.31. The SMILES string of the molecule is CN1CCCN(CCN2CCN(CCN3CCN(C)CC3)C2)CC1. The highest BCUT2D eigenvalue weighted by Crippen LogP contribution is 2.07. The van der Waals surface area contributed by atoms with Gasteiger partial charge in [-0.2, -0.15) is 0 Å². The second-order valence-electron chi connectivity index (χ2n) is 8.02. The smallest absolute Gasteiger partial charge is 0.0508 e. The molecule has 6 nitrogen and oxygen atoms in total. The van der Waals surface area contributed by atoms with Crippen LogP contribution in [-0.2, 0) is 0 Å². The van der Waals surface area contributed by atoms with Gasteiger partial charge in [0, 0.05) is 78.5 Å². The number of hydrogen-bond acceptors (Lipinski definition) is 6. The summed E-state index contributed by atoms with van der Waals surface area (Å²) in [5.74, 6) is 0. The number of rotatable bonds is 6. The molecular formula is C18H38N6. The summed E-state index contributed by atoms with van der Waals surface area (Å²) in [6.45, 7) is 18.7. The Morgan fingerprint density at radius 3 is 1.46 bits per heavy atom. The summed E-state index contributed by atoms with van der Waals surface area (Å²) in [5.41, 5.74) is 0. The molecule has 3 rings (SSSR count). The van der Waals surface area contributed by atoms with E-state index in [4.69, 9.17) is 0 Å². The monoisotopic (exact) mass is 338 g/mol. The fourth-order valence-corrected chi connectivity index (χ4v) is 4.03. The maximum absolute atomic E-state index is 2.66. The van der Waals surface area contributed by atoms with Gasteiger partial charge in [-0.15, -0.1) is 0 Å². The summed E-state index contributed by atoms with van der Waals surface area (Å²) in [6, 6.07) is 0. The fourth-order valence-electron chi connectivity index (χ4n) is 4.03. The first-order valence-electron chi connectivity index (χ1n) is 9.95. The summed E-state index contributed by atoms with van der Waals surface area (Å²) in [5, 5.41) is 0. The third kappa shape index (κ3) is 5.93. The molecule has 6 heteroatoms. The van der Waals surface area contributed by atoms with Crippen LogP contribution in [0.2, 0.25) is 0 Å². The maximum Gasteiger partial charge on any atom is 0.0508 e. The summed E-state index contributed by atoms with van der Waals surface area (Å²) in [4.78, 5) is 15.5. The molecule has 3 aliphatic rings. The van der Waals surface area contributed by atoms with E-state index in [1.807, 2.05) is 0 Å². The van der Waals surface area contributed by atoms with Gasteiger partial charge < -0.3 is 14.7 Å². The lowest BCUT2D eigenvalue weighted by Gasteiger charge is -2.33. The minimum Gasteiger partial charge on any atom is -0.305 e. The average molecular weight is 339 g/mol. The topological polar surface area (TPSA) is 19.4 Å². The molecule has 0 amide bonds. The predicted molar refractivity (Wildman–Crippen MR) is 101 cm³/mol. The molecule has 3 aliphatic heterocycles. The van der Waals surface area contributed by atoms with Crippen LogP contribution in [0.1, 0.15) is 6.42 Å². The number of piperazine rings is 1. The third-order valence-corrected chi connectivity index (χ3v) is 6.01. The van der Waals surface area contributed by atoms with Crippen LogP contribution in [-0.4, -0.2) is 142 Å². The summed E-state index contributed by atoms with van der Waals surface area (Å²) < 4.78 is 0. The van der Waals surface area contributed by atoms with Gasteiger partial charge in [0.05, 0.1) is 6.67 Å². The van der Waals surface area contributed by atoms with Crippen molar-refractivity contribution in [3.8, 4) is 0 Å². The molecule has 3 heterocycles. The molecule has 0 atom stereocenters. The van der Waals surface area contributed by atoms with E-state index in [-0.39, 0.29) is 0 Å². The van der Waals surface area contributed by atoms with Crippen molar-refractivity contribution in [3.63, 3.8) is 0 Å². The fraction of sp³-hybridized carbons (Fsp3) is 1.00. The Balaban J connectivity index is 1.28. The first-order chi connectivity index (χ1) is 11.7. The highest BCUT2D eigenvalue weighted by Gasteiger charge is 2.22. The van der Waals surface area contributed by atoms with Crippen LogP contribution in [0, 0.1) is 0 Å². The zero-order valence-electron chi connectivity index (χ0n) is 16.0. The zero-order chi connectivity index (χ0) is 16.8. The average Bonchev–Trinajstić information content (AvgIpc) is 2.94. The van der Waals surface area contributed by atoms with E-state index in [2.05, 4.69) is 43.5 Å². The minimum atomic E-state index is 1.18. The van der Waals surface area contributed by atoms with E-state index in [1.54, 1.807) is 0 Å². The van der Waals surface area contributed by atoms with Gasteiger partial charge in [0.2, 0.25) is 0 Å². The normalized spacial score (nSPS) is 27.8. The first kappa shape index (κ1) is 18.5. The summed E-state index contributed by atoms with van der Waals surface area (Å²) >= 11 is 0. The lowest BCUT2D eigenvalue weighted by molar-refractivity contribution is 0.134. The quantitative estimate of drug-likeness (QED) is 0.643. The molecule has 0 aromatic carbocycles. The highest BCUT2D eigenvalue weighted by molar-refractivity contribution is 4.76. The number of likely N-dealkylation sites (N-methyl/N-ethyl adjacent to an activating group) is 2. The molecule has 3 fully saturated rings. The van der Waals surface area contributed by atoms with E-state index in [0.29, 0.717) is 0 Å². The lowest BCUT2D eigenvalue weighted by atomic mass is 10.3. The van der Waals surface area contributed by atoms with Crippen LogP contribution in [0.15, 0.2) is 0 Å². The van der Waals surface area contributed by atoms with Gasteiger partial charge in [0.1, 0.15) is 0 Å². The lowest BCUT2D eigenvalue weighted by Crippen LogP contribution is -2.47. The van der Waals surface area contributed by atoms with Gasteiger partial charge in [-0.3, -0.25) is 14.7 Å². The van der Waals surface area contributed by atoms with Gasteiger partial charge >= 0.3 is 0 Å². The van der Waals surface area contributed by atoms with E-state index in [0.717, 1.165) is 0 Å². The summed E-state index contributed by atoms with van der Waals surface area (Å²) in [6.07, 6.45) is 1.33. The van der Waals surface area contributed by atoms with Crippen LogP contribution < -0.4 is 0 Å². The Bertz CT molecular complexity index is 357. The predicted octanol–water partition coefficient (Wildman–Crippen LogP) is -0.554. The van der Waals surface area contributed by atoms with Crippen molar-refractivity contribution in [2.24, 2.45) is 0 Å². The van der Waals surface area contributed by atoms with Gasteiger partial charge in [0.25, 0.3) is 0 Å². The van der Waals surface area contributed by atoms with Crippen molar-refractivity contribution in [1.29, 1.82) is 0 Å². The van der Waals surface area contributed by atoms with E-state index in [9.17, 15) is 0 Å². The van der Waals surface area contributed by atoms with Crippen molar-refractivity contribution in [2.45, 2.75) is 6.42 Å². The second kappa shape index (κ2) is 9.46. The van der Waals surface area contributed by atoms with Crippen LogP contribution in [0.4, 0.5) is 0 Å². The minimum absolute atomic E-state index is 1.18. The van der Waals surface area contributed by atoms with Crippen molar-refractivity contribution >= 4 is 0 Å². The van der Waals surface area contributed by atoms with Crippen LogP contribution >= 0.6 is 0 Å². The first-order valence-corrected chi connectivity index (χ1v) is 9.95. The molecule has 0 aliphatic carbocycles. The number of hydrogen-bond donors (Lipinski definition) is 0. The Morgan fingerprint density at radius 2 is 0.875 bits per heavy atom. The molecule has 3 saturated heterocycles. The molecule has 0 aromatic rings. The van der Waals surface area contributed by atoms with Gasteiger partial charge in [0.15, 0.2) is 0 Å². The van der Waals surface area contributed by atoms with E-state index in [1.165, 1.54) is 105 Å². The Labute approximate surface area is 148 Å². The molecule has 0 aromatic heterocycles. The molecule has 0 spiro atoms. The van der Waals surface area contributed by atoms with Crippen molar-refractivity contribution in [3.05, 3.63) is 0 Å².